The minimum Gasteiger partial charge on any atom is -1.00 e. The second kappa shape index (κ2) is 24.5. The van der Waals surface area contributed by atoms with Crippen LogP contribution >= 0.6 is 0 Å². The normalized spacial score (nSPS) is 11.5. The van der Waals surface area contributed by atoms with Crippen molar-refractivity contribution in [3.05, 3.63) is 230 Å². The monoisotopic (exact) mass is 1140 g/mol. The summed E-state index contributed by atoms with van der Waals surface area (Å²) < 4.78 is 73.4. The van der Waals surface area contributed by atoms with Gasteiger partial charge in [0.2, 0.25) is 11.9 Å². The van der Waals surface area contributed by atoms with Crippen LogP contribution in [0.25, 0.3) is 55.2 Å². The molecule has 20 heteroatoms. The van der Waals surface area contributed by atoms with E-state index < -0.39 is 30.0 Å². The fraction of sp³-hybridized carbons (Fsp3) is 0. The van der Waals surface area contributed by atoms with Crippen molar-refractivity contribution in [3.63, 3.8) is 0 Å². The van der Waals surface area contributed by atoms with Gasteiger partial charge in [0.25, 0.3) is 20.2 Å². The minimum absolute atomic E-state index is 0. The van der Waals surface area contributed by atoms with Crippen LogP contribution in [0, 0.1) is 0 Å². The number of hydrogen-bond acceptors (Lipinski definition) is 14. The molecule has 0 saturated heterocycles. The van der Waals surface area contributed by atoms with E-state index in [0.29, 0.717) is 11.6 Å². The molecule has 0 aliphatic heterocycles. The van der Waals surface area contributed by atoms with Crippen molar-refractivity contribution in [1.82, 2.24) is 19.9 Å². The average Bonchev–Trinajstić information content (AvgIpc) is 3.52. The standard InChI is InChI=1S/C62H46N10O6S2.2Na.2H/c73-79(74,75)55-35-53(65-59-37-57(63-49-25-19-39-9-1-5-13-45(39)31-49)69-61(71-59)67-51-27-21-41-11-3-7-15-47(41)33-51)29-23-43(55)17-18-44-24-30-54(36-56(44)80(76,77)78)66-60-38-58(64-50-26-20-40-10-2-6-14-46(40)32-50)70-62(72-60)68-52-28-22-42-12-4-8-16-48(42)34-52;;;;/h1-38H,(H,73,74,75)(H,76,77,78)(H3,63,65,67,69,71)(H3,64,66,68,70,72);;;;/q;2*+1;2*-1. The van der Waals surface area contributed by atoms with E-state index in [-0.39, 0.29) is 108 Å². The number of aromatic nitrogens is 4. The number of nitrogens with one attached hydrogen (secondary N) is 6. The third kappa shape index (κ3) is 13.6. The van der Waals surface area contributed by atoms with Gasteiger partial charge in [-0.25, -0.2) is 0 Å². The number of rotatable bonds is 16. The molecule has 0 bridgehead atoms. The first kappa shape index (κ1) is 57.0. The minimum atomic E-state index is -4.88. The van der Waals surface area contributed by atoms with E-state index in [2.05, 4.69) is 31.9 Å². The van der Waals surface area contributed by atoms with Gasteiger partial charge in [-0.2, -0.15) is 36.8 Å². The number of fused-ring (bicyclic) bond motifs is 4. The van der Waals surface area contributed by atoms with Gasteiger partial charge in [-0.05, 0) is 127 Å². The molecule has 0 spiro atoms. The van der Waals surface area contributed by atoms with Crippen LogP contribution in [-0.2, 0) is 20.2 Å². The van der Waals surface area contributed by atoms with Crippen LogP contribution in [0.1, 0.15) is 14.0 Å². The Labute approximate surface area is 519 Å². The summed E-state index contributed by atoms with van der Waals surface area (Å²) in [6, 6.07) is 67.3. The Bertz CT molecular complexity index is 4190. The molecule has 2 heterocycles. The summed E-state index contributed by atoms with van der Waals surface area (Å²) in [4.78, 5) is 18.0. The molecule has 0 aliphatic carbocycles. The van der Waals surface area contributed by atoms with E-state index >= 15 is 0 Å². The third-order valence-corrected chi connectivity index (χ3v) is 14.9. The molecule has 2 aromatic heterocycles. The van der Waals surface area contributed by atoms with Gasteiger partial charge in [0.15, 0.2) is 0 Å². The van der Waals surface area contributed by atoms with E-state index in [1.807, 2.05) is 170 Å². The van der Waals surface area contributed by atoms with E-state index in [9.17, 15) is 25.9 Å². The van der Waals surface area contributed by atoms with Crippen LogP contribution in [-0.4, -0.2) is 45.9 Å². The fourth-order valence-corrected chi connectivity index (χ4v) is 10.7. The van der Waals surface area contributed by atoms with Crippen LogP contribution in [0.4, 0.5) is 69.3 Å². The largest absolute Gasteiger partial charge is 1.00 e. The number of benzene rings is 10. The van der Waals surface area contributed by atoms with Gasteiger partial charge in [0, 0.05) is 46.3 Å². The van der Waals surface area contributed by atoms with Crippen molar-refractivity contribution < 1.29 is 87.9 Å². The topological polar surface area (TPSA) is 232 Å². The maximum absolute atomic E-state index is 13.1. The second-order valence-electron chi connectivity index (χ2n) is 18.7. The first-order valence-corrected chi connectivity index (χ1v) is 27.9. The number of hydrogen-bond donors (Lipinski definition) is 8. The summed E-state index contributed by atoms with van der Waals surface area (Å²) in [7, 11) is -9.76. The summed E-state index contributed by atoms with van der Waals surface area (Å²) in [6.07, 6.45) is 2.65. The van der Waals surface area contributed by atoms with Crippen molar-refractivity contribution in [1.29, 1.82) is 0 Å². The van der Waals surface area contributed by atoms with Gasteiger partial charge in [-0.1, -0.05) is 146 Å². The van der Waals surface area contributed by atoms with Gasteiger partial charge in [0.05, 0.1) is 0 Å². The van der Waals surface area contributed by atoms with E-state index in [1.165, 1.54) is 36.4 Å². The molecule has 0 amide bonds. The van der Waals surface area contributed by atoms with Gasteiger partial charge >= 0.3 is 59.1 Å². The van der Waals surface area contributed by atoms with Crippen LogP contribution in [0.2, 0.25) is 0 Å². The Kier molecular flexibility index (Phi) is 17.0. The predicted molar refractivity (Wildman–Crippen MR) is 323 cm³/mol. The molecule has 12 aromatic rings. The zero-order valence-corrected chi connectivity index (χ0v) is 49.7. The molecule has 12 rings (SSSR count). The molecule has 0 aliphatic rings. The molecule has 0 radical (unpaired) electrons. The summed E-state index contributed by atoms with van der Waals surface area (Å²) >= 11 is 0. The van der Waals surface area contributed by atoms with Gasteiger partial charge in [-0.15, -0.1) is 0 Å². The van der Waals surface area contributed by atoms with Crippen molar-refractivity contribution in [2.24, 2.45) is 0 Å². The zero-order chi connectivity index (χ0) is 54.8. The SMILES string of the molecule is O=S(=O)(O)c1cc(Nc2cc(Nc3ccc4ccccc4c3)nc(Nc3ccc4ccccc4c3)n2)ccc1C=Cc1ccc(Nc2cc(Nc3ccc4ccccc4c3)nc(Nc3ccc4ccccc4c3)n2)cc1S(=O)(=O)O.[H-].[H-].[Na+].[Na+]. The summed E-state index contributed by atoms with van der Waals surface area (Å²) in [5.74, 6) is 1.85. The van der Waals surface area contributed by atoms with Gasteiger partial charge < -0.3 is 34.8 Å². The molecular formula is C62H48N10Na2O6S2. The van der Waals surface area contributed by atoms with Crippen LogP contribution < -0.4 is 91.0 Å². The molecule has 16 nitrogen and oxygen atoms in total. The summed E-state index contributed by atoms with van der Waals surface area (Å²) in [6.45, 7) is 0. The molecule has 0 unspecified atom stereocenters. The molecule has 10 aromatic carbocycles. The quantitative estimate of drug-likeness (QED) is 0.0256. The van der Waals surface area contributed by atoms with E-state index in [4.69, 9.17) is 19.9 Å². The molecule has 0 fully saturated rings. The second-order valence-corrected chi connectivity index (χ2v) is 21.5. The molecular weight excluding hydrogens is 1090 g/mol. The maximum Gasteiger partial charge on any atom is 1.00 e. The van der Waals surface area contributed by atoms with Crippen molar-refractivity contribution in [3.8, 4) is 0 Å². The fourth-order valence-electron chi connectivity index (χ4n) is 9.31. The molecule has 396 valence electrons. The zero-order valence-electron chi connectivity index (χ0n) is 46.1. The molecule has 8 N–H and O–H groups in total. The smallest absolute Gasteiger partial charge is 1.00 e. The Hall–Kier alpha value is -8.24. The van der Waals surface area contributed by atoms with E-state index in [1.54, 1.807) is 24.3 Å². The predicted octanol–water partition coefficient (Wildman–Crippen LogP) is 9.24. The summed E-state index contributed by atoms with van der Waals surface area (Å²) in [5.41, 5.74) is 3.51. The third-order valence-electron chi connectivity index (χ3n) is 13.1. The van der Waals surface area contributed by atoms with Crippen molar-refractivity contribution in [2.75, 3.05) is 31.9 Å². The van der Waals surface area contributed by atoms with Crippen molar-refractivity contribution in [2.45, 2.75) is 9.79 Å². The Morgan fingerprint density at radius 2 is 0.549 bits per heavy atom. The average molecular weight is 1140 g/mol. The number of anilines is 12. The van der Waals surface area contributed by atoms with Crippen molar-refractivity contribution >= 4 is 145 Å². The van der Waals surface area contributed by atoms with E-state index in [0.717, 1.165) is 65.8 Å². The van der Waals surface area contributed by atoms with Gasteiger partial charge in [-0.3, -0.25) is 9.11 Å². The van der Waals surface area contributed by atoms with Crippen LogP contribution in [0.3, 0.4) is 0 Å². The Balaban J connectivity index is 0.00000230. The van der Waals surface area contributed by atoms with Crippen LogP contribution in [0.15, 0.2) is 228 Å². The Morgan fingerprint density at radius 3 is 0.829 bits per heavy atom. The Morgan fingerprint density at radius 1 is 0.305 bits per heavy atom. The van der Waals surface area contributed by atoms with Crippen LogP contribution in [0.5, 0.6) is 0 Å². The first-order valence-electron chi connectivity index (χ1n) is 25.0. The maximum atomic E-state index is 13.1. The first-order chi connectivity index (χ1) is 38.8. The molecule has 0 atom stereocenters. The van der Waals surface area contributed by atoms with Gasteiger partial charge in [0.1, 0.15) is 33.1 Å². The summed E-state index contributed by atoms with van der Waals surface area (Å²) in [5, 5.41) is 28.0. The molecule has 82 heavy (non-hydrogen) atoms. The number of nitrogens with zero attached hydrogens (tertiary/aromatic N) is 4. The molecule has 0 saturated carbocycles.